The van der Waals surface area contributed by atoms with Crippen molar-refractivity contribution >= 4 is 0 Å². The van der Waals surface area contributed by atoms with Gasteiger partial charge in [0, 0.05) is 0 Å². The van der Waals surface area contributed by atoms with Gasteiger partial charge in [0.25, 0.3) is 0 Å². The van der Waals surface area contributed by atoms with Gasteiger partial charge in [0.15, 0.2) is 0 Å². The molecule has 4 aliphatic carbocycles. The van der Waals surface area contributed by atoms with E-state index in [1.807, 2.05) is 13.8 Å². The van der Waals surface area contributed by atoms with E-state index in [-0.39, 0.29) is 0 Å². The molecule has 0 aliphatic heterocycles. The second-order valence-corrected chi connectivity index (χ2v) is 12.5. The minimum Gasteiger partial charge on any atom is -0.0683 e. The first-order chi connectivity index (χ1) is 14.8. The molecule has 5 rings (SSSR count). The standard InChI is InChI=1S/C29H44.C2H6/c1-19-6-8-22(9-7-19)21(3)25-12-13-26-24-11-10-23-18-20(2)14-16-28(23,4)27(24)15-17-29(25,26)5;1-2/h6-9,20-21,23-27H,10-18H2,1-5H3;1-2H3. The van der Waals surface area contributed by atoms with Gasteiger partial charge in [-0.05, 0) is 116 Å². The Bertz CT molecular complexity index is 731. The average Bonchev–Trinajstić information content (AvgIpc) is 3.13. The van der Waals surface area contributed by atoms with Crippen molar-refractivity contribution in [1.29, 1.82) is 0 Å². The normalized spacial score (nSPS) is 44.9. The second-order valence-electron chi connectivity index (χ2n) is 12.5. The van der Waals surface area contributed by atoms with Gasteiger partial charge >= 0.3 is 0 Å². The quantitative estimate of drug-likeness (QED) is 0.445. The molecule has 9 atom stereocenters. The molecular formula is C31H50. The molecule has 4 saturated carbocycles. The Kier molecular flexibility index (Phi) is 6.69. The maximum Gasteiger partial charge on any atom is -0.0157 e. The Morgan fingerprint density at radius 1 is 0.806 bits per heavy atom. The second kappa shape index (κ2) is 8.87. The van der Waals surface area contributed by atoms with Crippen molar-refractivity contribution in [2.45, 2.75) is 112 Å². The van der Waals surface area contributed by atoms with E-state index >= 15 is 0 Å². The summed E-state index contributed by atoms with van der Waals surface area (Å²) in [6.07, 6.45) is 13.6. The SMILES string of the molecule is CC.Cc1ccc(C(C)C2CCC3C4CCC5CC(C)CCC5(C)C4CCC23C)cc1. The van der Waals surface area contributed by atoms with Gasteiger partial charge in [-0.25, -0.2) is 0 Å². The van der Waals surface area contributed by atoms with Crippen LogP contribution in [-0.2, 0) is 0 Å². The van der Waals surface area contributed by atoms with E-state index in [0.717, 1.165) is 35.5 Å². The minimum atomic E-state index is 0.580. The summed E-state index contributed by atoms with van der Waals surface area (Å²) >= 11 is 0. The molecule has 174 valence electrons. The number of aryl methyl sites for hydroxylation is 1. The van der Waals surface area contributed by atoms with E-state index in [9.17, 15) is 0 Å². The zero-order valence-corrected chi connectivity index (χ0v) is 21.7. The van der Waals surface area contributed by atoms with Crippen molar-refractivity contribution in [1.82, 2.24) is 0 Å². The highest BCUT2D eigenvalue weighted by atomic mass is 14.6. The molecule has 0 heteroatoms. The van der Waals surface area contributed by atoms with E-state index < -0.39 is 0 Å². The first-order valence-electron chi connectivity index (χ1n) is 13.9. The Labute approximate surface area is 194 Å². The van der Waals surface area contributed by atoms with Gasteiger partial charge < -0.3 is 0 Å². The molecule has 1 aromatic carbocycles. The van der Waals surface area contributed by atoms with Crippen LogP contribution in [0, 0.1) is 53.3 Å². The van der Waals surface area contributed by atoms with Gasteiger partial charge in [-0.15, -0.1) is 0 Å². The van der Waals surface area contributed by atoms with Crippen molar-refractivity contribution < 1.29 is 0 Å². The largest absolute Gasteiger partial charge is 0.0683 e. The maximum absolute atomic E-state index is 2.73. The van der Waals surface area contributed by atoms with Crippen LogP contribution >= 0.6 is 0 Å². The molecule has 4 fully saturated rings. The Balaban J connectivity index is 0.00000112. The minimum absolute atomic E-state index is 0.580. The topological polar surface area (TPSA) is 0 Å². The van der Waals surface area contributed by atoms with Crippen LogP contribution in [0.15, 0.2) is 24.3 Å². The van der Waals surface area contributed by atoms with Gasteiger partial charge in [0.05, 0.1) is 0 Å². The van der Waals surface area contributed by atoms with Gasteiger partial charge in [-0.3, -0.25) is 0 Å². The van der Waals surface area contributed by atoms with Crippen LogP contribution in [0.2, 0.25) is 0 Å². The molecule has 1 aromatic rings. The molecule has 9 unspecified atom stereocenters. The summed E-state index contributed by atoms with van der Waals surface area (Å²) in [5, 5.41) is 0. The van der Waals surface area contributed by atoms with E-state index in [0.29, 0.717) is 16.7 Å². The molecule has 0 heterocycles. The molecule has 31 heavy (non-hydrogen) atoms. The van der Waals surface area contributed by atoms with Crippen LogP contribution in [0.3, 0.4) is 0 Å². The van der Waals surface area contributed by atoms with Crippen LogP contribution < -0.4 is 0 Å². The first kappa shape index (κ1) is 23.4. The van der Waals surface area contributed by atoms with Crippen molar-refractivity contribution in [3.8, 4) is 0 Å². The smallest absolute Gasteiger partial charge is 0.0157 e. The zero-order chi connectivity index (χ0) is 22.4. The van der Waals surface area contributed by atoms with Gasteiger partial charge in [-0.2, -0.15) is 0 Å². The molecule has 4 aliphatic rings. The van der Waals surface area contributed by atoms with Crippen LogP contribution in [-0.4, -0.2) is 0 Å². The summed E-state index contributed by atoms with van der Waals surface area (Å²) in [6, 6.07) is 9.48. The number of rotatable bonds is 2. The highest BCUT2D eigenvalue weighted by Gasteiger charge is 2.60. The van der Waals surface area contributed by atoms with E-state index in [1.165, 1.54) is 56.9 Å². The van der Waals surface area contributed by atoms with Crippen molar-refractivity contribution in [2.24, 2.45) is 46.3 Å². The monoisotopic (exact) mass is 422 g/mol. The highest BCUT2D eigenvalue weighted by molar-refractivity contribution is 5.26. The van der Waals surface area contributed by atoms with Gasteiger partial charge in [0.2, 0.25) is 0 Å². The predicted octanol–water partition coefficient (Wildman–Crippen LogP) is 9.42. The number of hydrogen-bond donors (Lipinski definition) is 0. The lowest BCUT2D eigenvalue weighted by molar-refractivity contribution is -0.118. The molecule has 0 radical (unpaired) electrons. The zero-order valence-electron chi connectivity index (χ0n) is 21.7. The summed E-state index contributed by atoms with van der Waals surface area (Å²) < 4.78 is 0. The van der Waals surface area contributed by atoms with E-state index in [1.54, 1.807) is 12.0 Å². The van der Waals surface area contributed by atoms with Crippen molar-refractivity contribution in [2.75, 3.05) is 0 Å². The fraction of sp³-hybridized carbons (Fsp3) is 0.806. The molecule has 0 bridgehead atoms. The fourth-order valence-corrected chi connectivity index (χ4v) is 9.44. The Hall–Kier alpha value is -0.780. The summed E-state index contributed by atoms with van der Waals surface area (Å²) in [5.74, 6) is 6.65. The summed E-state index contributed by atoms with van der Waals surface area (Å²) in [6.45, 7) is 16.7. The lowest BCUT2D eigenvalue weighted by Crippen LogP contribution is -2.53. The molecule has 0 N–H and O–H groups in total. The summed E-state index contributed by atoms with van der Waals surface area (Å²) in [7, 11) is 0. The molecule has 0 nitrogen and oxygen atoms in total. The lowest BCUT2D eigenvalue weighted by atomic mass is 9.44. The summed E-state index contributed by atoms with van der Waals surface area (Å²) in [4.78, 5) is 0. The van der Waals surface area contributed by atoms with Gasteiger partial charge in [-0.1, -0.05) is 77.8 Å². The third kappa shape index (κ3) is 3.83. The average molecular weight is 423 g/mol. The highest BCUT2D eigenvalue weighted by Crippen LogP contribution is 2.69. The molecule has 0 aromatic heterocycles. The van der Waals surface area contributed by atoms with Crippen molar-refractivity contribution in [3.63, 3.8) is 0 Å². The van der Waals surface area contributed by atoms with E-state index in [2.05, 4.69) is 58.9 Å². The molecular weight excluding hydrogens is 372 g/mol. The number of benzene rings is 1. The molecule has 0 amide bonds. The Morgan fingerprint density at radius 3 is 2.16 bits per heavy atom. The molecule has 0 saturated heterocycles. The fourth-order valence-electron chi connectivity index (χ4n) is 9.44. The lowest BCUT2D eigenvalue weighted by Gasteiger charge is -2.61. The Morgan fingerprint density at radius 2 is 1.45 bits per heavy atom. The third-order valence-electron chi connectivity index (χ3n) is 11.2. The molecule has 0 spiro atoms. The van der Waals surface area contributed by atoms with Gasteiger partial charge in [0.1, 0.15) is 0 Å². The van der Waals surface area contributed by atoms with Crippen LogP contribution in [0.25, 0.3) is 0 Å². The summed E-state index contributed by atoms with van der Waals surface area (Å²) in [5.41, 5.74) is 4.22. The predicted molar refractivity (Wildman–Crippen MR) is 135 cm³/mol. The van der Waals surface area contributed by atoms with Crippen LogP contribution in [0.4, 0.5) is 0 Å². The van der Waals surface area contributed by atoms with Crippen LogP contribution in [0.1, 0.15) is 116 Å². The third-order valence-corrected chi connectivity index (χ3v) is 11.2. The number of hydrogen-bond acceptors (Lipinski definition) is 0. The van der Waals surface area contributed by atoms with E-state index in [4.69, 9.17) is 0 Å². The maximum atomic E-state index is 2.73. The first-order valence-corrected chi connectivity index (χ1v) is 13.9. The van der Waals surface area contributed by atoms with Crippen molar-refractivity contribution in [3.05, 3.63) is 35.4 Å². The van der Waals surface area contributed by atoms with Crippen LogP contribution in [0.5, 0.6) is 0 Å². The number of fused-ring (bicyclic) bond motifs is 5.